The van der Waals surface area contributed by atoms with Crippen molar-refractivity contribution in [2.75, 3.05) is 13.1 Å². The van der Waals surface area contributed by atoms with Crippen LogP contribution in [0.4, 0.5) is 0 Å². The summed E-state index contributed by atoms with van der Waals surface area (Å²) in [5, 5.41) is 10.6. The molecule has 0 aliphatic carbocycles. The molecule has 0 aromatic heterocycles. The monoisotopic (exact) mass is 442 g/mol. The summed E-state index contributed by atoms with van der Waals surface area (Å²) in [6.45, 7) is 8.65. The van der Waals surface area contributed by atoms with E-state index in [9.17, 15) is 14.7 Å². The lowest BCUT2D eigenvalue weighted by Gasteiger charge is -2.51. The van der Waals surface area contributed by atoms with Gasteiger partial charge in [0.1, 0.15) is 5.54 Å². The fourth-order valence-electron chi connectivity index (χ4n) is 4.31. The van der Waals surface area contributed by atoms with Crippen LogP contribution < -0.4 is 0 Å². The summed E-state index contributed by atoms with van der Waals surface area (Å²) in [5.41, 5.74) is 3.24. The highest BCUT2D eigenvalue weighted by Gasteiger charge is 2.50. The first-order valence-electron chi connectivity index (χ1n) is 10.7. The lowest BCUT2D eigenvalue weighted by atomic mass is 9.84. The van der Waals surface area contributed by atoms with Crippen LogP contribution in [0.2, 0.25) is 5.02 Å². The first kappa shape index (κ1) is 23.3. The van der Waals surface area contributed by atoms with Gasteiger partial charge < -0.3 is 14.9 Å². The Morgan fingerprint density at radius 2 is 1.74 bits per heavy atom. The maximum atomic E-state index is 13.5. The number of nitrogens with zero attached hydrogens (tertiary/aromatic N) is 2. The van der Waals surface area contributed by atoms with E-state index in [0.717, 1.165) is 22.3 Å². The predicted octanol–water partition coefficient (Wildman–Crippen LogP) is 3.90. The van der Waals surface area contributed by atoms with E-state index in [1.807, 2.05) is 45.0 Å². The standard InChI is InChI=1S/C25H31ClN2O3/c1-17-11-18(2)13-21(12-17)14-23(30)28-10-9-25(28,4)24(31)27(15-19(3)29)16-20-5-7-22(26)8-6-20/h5-8,11-13,19,29H,9-10,14-16H2,1-4H3. The molecule has 2 aromatic rings. The zero-order valence-electron chi connectivity index (χ0n) is 18.7. The second kappa shape index (κ2) is 9.41. The maximum absolute atomic E-state index is 13.5. The second-order valence-electron chi connectivity index (χ2n) is 8.90. The summed E-state index contributed by atoms with van der Waals surface area (Å²) in [6.07, 6.45) is 0.222. The summed E-state index contributed by atoms with van der Waals surface area (Å²) in [4.78, 5) is 29.9. The highest BCUT2D eigenvalue weighted by atomic mass is 35.5. The minimum absolute atomic E-state index is 0.0458. The van der Waals surface area contributed by atoms with Crippen LogP contribution in [0.3, 0.4) is 0 Å². The number of aryl methyl sites for hydroxylation is 2. The van der Waals surface area contributed by atoms with Crippen LogP contribution in [0, 0.1) is 13.8 Å². The predicted molar refractivity (Wildman–Crippen MR) is 123 cm³/mol. The Morgan fingerprint density at radius 1 is 1.13 bits per heavy atom. The molecular formula is C25H31ClN2O3. The number of hydrogen-bond donors (Lipinski definition) is 1. The molecule has 1 heterocycles. The number of carbonyl (C=O) groups excluding carboxylic acids is 2. The number of benzene rings is 2. The average Bonchev–Trinajstić information content (AvgIpc) is 2.65. The molecule has 1 N–H and O–H groups in total. The minimum Gasteiger partial charge on any atom is -0.392 e. The summed E-state index contributed by atoms with van der Waals surface area (Å²) in [5.74, 6) is -0.182. The number of rotatable bonds is 7. The molecule has 0 bridgehead atoms. The molecule has 1 aliphatic heterocycles. The van der Waals surface area contributed by atoms with Crippen molar-refractivity contribution in [3.63, 3.8) is 0 Å². The van der Waals surface area contributed by atoms with Crippen molar-refractivity contribution in [1.82, 2.24) is 9.80 Å². The summed E-state index contributed by atoms with van der Waals surface area (Å²) < 4.78 is 0. The van der Waals surface area contributed by atoms with Crippen LogP contribution in [0.5, 0.6) is 0 Å². The molecule has 0 radical (unpaired) electrons. The van der Waals surface area contributed by atoms with Crippen LogP contribution in [-0.2, 0) is 22.6 Å². The third-order valence-electron chi connectivity index (χ3n) is 5.88. The molecule has 0 saturated carbocycles. The first-order chi connectivity index (χ1) is 14.6. The van der Waals surface area contributed by atoms with Gasteiger partial charge in [0.15, 0.2) is 0 Å². The molecule has 1 fully saturated rings. The van der Waals surface area contributed by atoms with Gasteiger partial charge in [0.25, 0.3) is 0 Å². The summed E-state index contributed by atoms with van der Waals surface area (Å²) >= 11 is 5.97. The van der Waals surface area contributed by atoms with Crippen LogP contribution >= 0.6 is 11.6 Å². The molecule has 2 atom stereocenters. The molecule has 2 amide bonds. The van der Waals surface area contributed by atoms with E-state index in [-0.39, 0.29) is 24.8 Å². The lowest BCUT2D eigenvalue weighted by Crippen LogP contribution is -2.68. The number of hydrogen-bond acceptors (Lipinski definition) is 3. The molecule has 2 unspecified atom stereocenters. The van der Waals surface area contributed by atoms with Gasteiger partial charge in [-0.05, 0) is 57.4 Å². The molecule has 6 heteroatoms. The van der Waals surface area contributed by atoms with Crippen molar-refractivity contribution < 1.29 is 14.7 Å². The Kier molecular flexibility index (Phi) is 7.07. The number of aliphatic hydroxyl groups excluding tert-OH is 1. The number of amides is 2. The Balaban J connectivity index is 1.76. The van der Waals surface area contributed by atoms with E-state index in [0.29, 0.717) is 24.5 Å². The summed E-state index contributed by atoms with van der Waals surface area (Å²) in [6, 6.07) is 13.4. The topological polar surface area (TPSA) is 60.9 Å². The molecule has 0 spiro atoms. The van der Waals surface area contributed by atoms with E-state index in [1.165, 1.54) is 0 Å². The lowest BCUT2D eigenvalue weighted by molar-refractivity contribution is -0.164. The zero-order valence-corrected chi connectivity index (χ0v) is 19.4. The van der Waals surface area contributed by atoms with E-state index in [1.54, 1.807) is 28.9 Å². The summed E-state index contributed by atoms with van der Waals surface area (Å²) in [7, 11) is 0. The van der Waals surface area contributed by atoms with Crippen molar-refractivity contribution >= 4 is 23.4 Å². The SMILES string of the molecule is Cc1cc(C)cc(CC(=O)N2CCC2(C)C(=O)N(Cc2ccc(Cl)cc2)CC(C)O)c1. The molecule has 5 nitrogen and oxygen atoms in total. The van der Waals surface area contributed by atoms with E-state index >= 15 is 0 Å². The van der Waals surface area contributed by atoms with Gasteiger partial charge in [0.2, 0.25) is 11.8 Å². The largest absolute Gasteiger partial charge is 0.392 e. The molecular weight excluding hydrogens is 412 g/mol. The van der Waals surface area contributed by atoms with Gasteiger partial charge in [-0.25, -0.2) is 0 Å². The van der Waals surface area contributed by atoms with E-state index in [2.05, 4.69) is 6.07 Å². The average molecular weight is 443 g/mol. The fraction of sp³-hybridized carbons (Fsp3) is 0.440. The van der Waals surface area contributed by atoms with Crippen LogP contribution in [0.15, 0.2) is 42.5 Å². The normalized spacial score (nSPS) is 19.0. The van der Waals surface area contributed by atoms with Crippen molar-refractivity contribution in [1.29, 1.82) is 0 Å². The smallest absolute Gasteiger partial charge is 0.248 e. The Bertz CT molecular complexity index is 937. The Hall–Kier alpha value is -2.37. The van der Waals surface area contributed by atoms with Gasteiger partial charge in [-0.2, -0.15) is 0 Å². The van der Waals surface area contributed by atoms with Crippen LogP contribution in [0.25, 0.3) is 0 Å². The van der Waals surface area contributed by atoms with E-state index in [4.69, 9.17) is 11.6 Å². The van der Waals surface area contributed by atoms with Gasteiger partial charge in [-0.3, -0.25) is 9.59 Å². The molecule has 3 rings (SSSR count). The minimum atomic E-state index is -0.892. The number of carbonyl (C=O) groups is 2. The molecule has 1 saturated heterocycles. The molecule has 1 aliphatic rings. The highest BCUT2D eigenvalue weighted by molar-refractivity contribution is 6.30. The third-order valence-corrected chi connectivity index (χ3v) is 6.13. The molecule has 166 valence electrons. The van der Waals surface area contributed by atoms with Crippen LogP contribution in [-0.4, -0.2) is 51.5 Å². The van der Waals surface area contributed by atoms with Crippen molar-refractivity contribution in [3.8, 4) is 0 Å². The Morgan fingerprint density at radius 3 is 2.26 bits per heavy atom. The second-order valence-corrected chi connectivity index (χ2v) is 9.34. The highest BCUT2D eigenvalue weighted by Crippen LogP contribution is 2.34. The number of halogens is 1. The quantitative estimate of drug-likeness (QED) is 0.707. The van der Waals surface area contributed by atoms with E-state index < -0.39 is 11.6 Å². The number of aliphatic hydroxyl groups is 1. The first-order valence-corrected chi connectivity index (χ1v) is 11.1. The fourth-order valence-corrected chi connectivity index (χ4v) is 4.44. The van der Waals surface area contributed by atoms with Gasteiger partial charge in [-0.1, -0.05) is 53.1 Å². The third kappa shape index (κ3) is 5.46. The van der Waals surface area contributed by atoms with Gasteiger partial charge in [-0.15, -0.1) is 0 Å². The van der Waals surface area contributed by atoms with Crippen molar-refractivity contribution in [3.05, 3.63) is 69.7 Å². The Labute approximate surface area is 189 Å². The zero-order chi connectivity index (χ0) is 22.8. The maximum Gasteiger partial charge on any atom is 0.248 e. The molecule has 2 aromatic carbocycles. The van der Waals surface area contributed by atoms with Gasteiger partial charge in [0.05, 0.1) is 12.5 Å². The van der Waals surface area contributed by atoms with Crippen molar-refractivity contribution in [2.24, 2.45) is 0 Å². The van der Waals surface area contributed by atoms with Gasteiger partial charge >= 0.3 is 0 Å². The van der Waals surface area contributed by atoms with Crippen molar-refractivity contribution in [2.45, 2.75) is 58.7 Å². The van der Waals surface area contributed by atoms with Gasteiger partial charge in [0, 0.05) is 24.7 Å². The van der Waals surface area contributed by atoms with Crippen LogP contribution in [0.1, 0.15) is 42.5 Å². The molecule has 31 heavy (non-hydrogen) atoms. The number of likely N-dealkylation sites (tertiary alicyclic amines) is 1.